The molecule has 1 saturated carbocycles. The van der Waals surface area contributed by atoms with Crippen LogP contribution in [0.1, 0.15) is 17.9 Å². The molecule has 2 unspecified atom stereocenters. The number of anilines is 1. The second-order valence-electron chi connectivity index (χ2n) is 5.25. The van der Waals surface area contributed by atoms with Gasteiger partial charge in [-0.05, 0) is 24.1 Å². The van der Waals surface area contributed by atoms with Crippen LogP contribution in [0.15, 0.2) is 46.2 Å². The first-order chi connectivity index (χ1) is 11.2. The Kier molecular flexibility index (Phi) is 5.17. The van der Waals surface area contributed by atoms with Gasteiger partial charge < -0.3 is 10.1 Å². The number of benzene rings is 1. The van der Waals surface area contributed by atoms with Crippen molar-refractivity contribution in [1.82, 2.24) is 9.97 Å². The van der Waals surface area contributed by atoms with E-state index in [2.05, 4.69) is 60.2 Å². The van der Waals surface area contributed by atoms with Crippen molar-refractivity contribution >= 4 is 39.5 Å². The van der Waals surface area contributed by atoms with Gasteiger partial charge >= 0.3 is 5.97 Å². The summed E-state index contributed by atoms with van der Waals surface area (Å²) in [7, 11) is 1.38. The molecule has 1 aliphatic rings. The number of carbonyl (C=O) groups excluding carboxylic acids is 1. The monoisotopic (exact) mass is 393 g/mol. The highest BCUT2D eigenvalue weighted by atomic mass is 79.9. The van der Waals surface area contributed by atoms with Crippen molar-refractivity contribution in [1.29, 1.82) is 0 Å². The molecule has 1 fully saturated rings. The number of nitrogens with zero attached hydrogens (tertiary/aromatic N) is 2. The van der Waals surface area contributed by atoms with E-state index in [-0.39, 0.29) is 11.7 Å². The number of aromatic nitrogens is 2. The molecule has 0 amide bonds. The fourth-order valence-corrected chi connectivity index (χ4v) is 3.25. The second-order valence-corrected chi connectivity index (χ2v) is 7.16. The number of nitrogens with one attached hydrogen (secondary N) is 1. The van der Waals surface area contributed by atoms with E-state index in [1.165, 1.54) is 24.4 Å². The lowest BCUT2D eigenvalue weighted by Crippen LogP contribution is -2.07. The summed E-state index contributed by atoms with van der Waals surface area (Å²) in [6.45, 7) is 0. The molecule has 1 aliphatic carbocycles. The molecule has 1 aromatic heterocycles. The Hall–Kier alpha value is -1.60. The molecular weight excluding hydrogens is 378 g/mol. The zero-order valence-corrected chi connectivity index (χ0v) is 14.9. The van der Waals surface area contributed by atoms with Gasteiger partial charge in [0.2, 0.25) is 0 Å². The first kappa shape index (κ1) is 16.3. The van der Waals surface area contributed by atoms with E-state index in [0.717, 1.165) is 16.7 Å². The Bertz CT molecular complexity index is 696. The zero-order valence-electron chi connectivity index (χ0n) is 12.5. The molecule has 0 spiro atoms. The number of halogens is 1. The third-order valence-corrected chi connectivity index (χ3v) is 5.00. The summed E-state index contributed by atoms with van der Waals surface area (Å²) in [5.74, 6) is 1.22. The zero-order chi connectivity index (χ0) is 16.2. The summed E-state index contributed by atoms with van der Waals surface area (Å²) in [6, 6.07) is 8.80. The number of methoxy groups -OCH3 is 1. The van der Waals surface area contributed by atoms with Gasteiger partial charge in [-0.15, -0.1) is 0 Å². The number of rotatable bonds is 6. The van der Waals surface area contributed by atoms with Gasteiger partial charge in [0.1, 0.15) is 10.8 Å². The highest BCUT2D eigenvalue weighted by Crippen LogP contribution is 2.42. The first-order valence-electron chi connectivity index (χ1n) is 7.19. The Morgan fingerprint density at radius 1 is 1.39 bits per heavy atom. The maximum atomic E-state index is 11.2. The van der Waals surface area contributed by atoms with E-state index in [0.29, 0.717) is 17.0 Å². The number of hydrogen-bond acceptors (Lipinski definition) is 6. The smallest absolute Gasteiger partial charge is 0.316 e. The molecule has 0 radical (unpaired) electrons. The number of carbonyl (C=O) groups is 1. The van der Waals surface area contributed by atoms with Crippen LogP contribution in [0, 0.1) is 0 Å². The van der Waals surface area contributed by atoms with Gasteiger partial charge in [-0.2, -0.15) is 0 Å². The van der Waals surface area contributed by atoms with E-state index in [1.807, 2.05) is 0 Å². The van der Waals surface area contributed by atoms with Crippen LogP contribution in [0.4, 0.5) is 5.82 Å². The molecule has 2 aromatic rings. The molecule has 23 heavy (non-hydrogen) atoms. The van der Waals surface area contributed by atoms with Crippen LogP contribution >= 0.6 is 27.7 Å². The van der Waals surface area contributed by atoms with Gasteiger partial charge in [-0.1, -0.05) is 39.8 Å². The highest BCUT2D eigenvalue weighted by molar-refractivity contribution is 9.10. The molecule has 0 aliphatic heterocycles. The quantitative estimate of drug-likeness (QED) is 0.598. The van der Waals surface area contributed by atoms with Crippen molar-refractivity contribution in [2.24, 2.45) is 0 Å². The van der Waals surface area contributed by atoms with E-state index in [4.69, 9.17) is 0 Å². The van der Waals surface area contributed by atoms with Crippen molar-refractivity contribution in [3.05, 3.63) is 46.7 Å². The van der Waals surface area contributed by atoms with Crippen LogP contribution < -0.4 is 5.32 Å². The number of thioether (sulfide) groups is 1. The van der Waals surface area contributed by atoms with E-state index in [1.54, 1.807) is 12.4 Å². The summed E-state index contributed by atoms with van der Waals surface area (Å²) < 4.78 is 5.71. The summed E-state index contributed by atoms with van der Waals surface area (Å²) in [5, 5.41) is 4.12. The minimum absolute atomic E-state index is 0.236. The summed E-state index contributed by atoms with van der Waals surface area (Å²) in [4.78, 5) is 19.8. The third kappa shape index (κ3) is 4.45. The molecule has 3 rings (SSSR count). The lowest BCUT2D eigenvalue weighted by molar-refractivity contribution is -0.137. The SMILES string of the molecule is COC(=O)CSc1cncc(NC2CC2c2ccc(Br)cc2)n1. The standard InChI is InChI=1S/C16H16BrN3O2S/c1-22-16(21)9-23-15-8-18-7-14(20-15)19-13-6-12(13)10-2-4-11(17)5-3-10/h2-5,7-8,12-13H,6,9H2,1H3,(H,19,20). The van der Waals surface area contributed by atoms with Gasteiger partial charge in [0.25, 0.3) is 0 Å². The number of hydrogen-bond donors (Lipinski definition) is 1. The van der Waals surface area contributed by atoms with Crippen LogP contribution in [-0.2, 0) is 9.53 Å². The summed E-state index contributed by atoms with van der Waals surface area (Å²) in [6.07, 6.45) is 4.44. The third-order valence-electron chi connectivity index (χ3n) is 3.60. The molecule has 120 valence electrons. The Labute approximate surface area is 147 Å². The Morgan fingerprint density at radius 2 is 2.17 bits per heavy atom. The van der Waals surface area contributed by atoms with Crippen LogP contribution in [-0.4, -0.2) is 34.8 Å². The molecule has 1 aromatic carbocycles. The molecule has 2 atom stereocenters. The van der Waals surface area contributed by atoms with Crippen molar-refractivity contribution in [3.8, 4) is 0 Å². The normalized spacial score (nSPS) is 19.2. The number of ether oxygens (including phenoxy) is 1. The van der Waals surface area contributed by atoms with E-state index < -0.39 is 0 Å². The predicted molar refractivity (Wildman–Crippen MR) is 93.7 cm³/mol. The minimum Gasteiger partial charge on any atom is -0.468 e. The number of esters is 1. The van der Waals surface area contributed by atoms with Gasteiger partial charge in [0.05, 0.1) is 25.3 Å². The van der Waals surface area contributed by atoms with Crippen molar-refractivity contribution in [3.63, 3.8) is 0 Å². The largest absolute Gasteiger partial charge is 0.468 e. The lowest BCUT2D eigenvalue weighted by atomic mass is 10.1. The molecule has 5 nitrogen and oxygen atoms in total. The molecule has 1 heterocycles. The summed E-state index contributed by atoms with van der Waals surface area (Å²) >= 11 is 4.77. The molecule has 7 heteroatoms. The Morgan fingerprint density at radius 3 is 2.91 bits per heavy atom. The van der Waals surface area contributed by atoms with Gasteiger partial charge in [0.15, 0.2) is 0 Å². The van der Waals surface area contributed by atoms with E-state index >= 15 is 0 Å². The first-order valence-corrected chi connectivity index (χ1v) is 8.97. The van der Waals surface area contributed by atoms with E-state index in [9.17, 15) is 4.79 Å². The van der Waals surface area contributed by atoms with Gasteiger partial charge in [-0.3, -0.25) is 9.78 Å². The van der Waals surface area contributed by atoms with Gasteiger partial charge in [-0.25, -0.2) is 4.98 Å². The van der Waals surface area contributed by atoms with Crippen LogP contribution in [0.2, 0.25) is 0 Å². The molecule has 0 saturated heterocycles. The molecular formula is C16H16BrN3O2S. The van der Waals surface area contributed by atoms with Crippen molar-refractivity contribution in [2.45, 2.75) is 23.4 Å². The van der Waals surface area contributed by atoms with Crippen molar-refractivity contribution in [2.75, 3.05) is 18.2 Å². The Balaban J connectivity index is 1.57. The fraction of sp³-hybridized carbons (Fsp3) is 0.312. The minimum atomic E-state index is -0.271. The van der Waals surface area contributed by atoms with Crippen LogP contribution in [0.25, 0.3) is 0 Å². The average Bonchev–Trinajstić information content (AvgIpc) is 3.32. The highest BCUT2D eigenvalue weighted by Gasteiger charge is 2.38. The molecule has 0 bridgehead atoms. The molecule has 1 N–H and O–H groups in total. The van der Waals surface area contributed by atoms with Crippen molar-refractivity contribution < 1.29 is 9.53 Å². The van der Waals surface area contributed by atoms with Gasteiger partial charge in [0, 0.05) is 16.4 Å². The second kappa shape index (κ2) is 7.31. The van der Waals surface area contributed by atoms with Crippen LogP contribution in [0.3, 0.4) is 0 Å². The lowest BCUT2D eigenvalue weighted by Gasteiger charge is -2.06. The average molecular weight is 394 g/mol. The van der Waals surface area contributed by atoms with Crippen LogP contribution in [0.5, 0.6) is 0 Å². The topological polar surface area (TPSA) is 64.1 Å². The fourth-order valence-electron chi connectivity index (χ4n) is 2.30. The maximum absolute atomic E-state index is 11.2. The predicted octanol–water partition coefficient (Wildman–Crippen LogP) is 3.47. The maximum Gasteiger partial charge on any atom is 0.316 e. The summed E-state index contributed by atoms with van der Waals surface area (Å²) in [5.41, 5.74) is 1.33.